The summed E-state index contributed by atoms with van der Waals surface area (Å²) in [6, 6.07) is 18.6. The number of rotatable bonds is 4. The van der Waals surface area contributed by atoms with Gasteiger partial charge in [0.15, 0.2) is 0 Å². The van der Waals surface area contributed by atoms with Crippen LogP contribution in [0.25, 0.3) is 11.3 Å². The topological polar surface area (TPSA) is 62.3 Å². The van der Waals surface area contributed by atoms with Crippen molar-refractivity contribution in [2.24, 2.45) is 0 Å². The third kappa shape index (κ3) is 4.47. The first kappa shape index (κ1) is 22.0. The Kier molecular flexibility index (Phi) is 5.94. The highest BCUT2D eigenvalue weighted by molar-refractivity contribution is 7.09. The number of carbonyl (C=O) groups excluding carboxylic acids is 2. The second kappa shape index (κ2) is 9.19. The van der Waals surface area contributed by atoms with Crippen molar-refractivity contribution in [1.82, 2.24) is 4.98 Å². The van der Waals surface area contributed by atoms with Crippen molar-refractivity contribution >= 4 is 34.5 Å². The van der Waals surface area contributed by atoms with E-state index in [2.05, 4.69) is 10.3 Å². The average molecular weight is 472 g/mol. The largest absolute Gasteiger partial charge is 0.322 e. The van der Waals surface area contributed by atoms with Gasteiger partial charge in [0.25, 0.3) is 11.8 Å². The van der Waals surface area contributed by atoms with Crippen molar-refractivity contribution < 1.29 is 14.0 Å². The number of anilines is 2. The molecule has 5 nitrogen and oxygen atoms in total. The number of benzene rings is 3. The molecular formula is C27H22FN3O2S. The number of thiazole rings is 1. The highest BCUT2D eigenvalue weighted by Gasteiger charge is 2.24. The van der Waals surface area contributed by atoms with E-state index in [1.165, 1.54) is 24.3 Å². The van der Waals surface area contributed by atoms with Crippen LogP contribution in [0.15, 0.2) is 72.1 Å². The van der Waals surface area contributed by atoms with E-state index in [9.17, 15) is 14.0 Å². The molecule has 3 aromatic carbocycles. The zero-order chi connectivity index (χ0) is 23.7. The van der Waals surface area contributed by atoms with Crippen molar-refractivity contribution in [2.45, 2.75) is 19.8 Å². The molecule has 0 radical (unpaired) electrons. The van der Waals surface area contributed by atoms with Crippen molar-refractivity contribution in [3.05, 3.63) is 99.6 Å². The van der Waals surface area contributed by atoms with Gasteiger partial charge in [0.05, 0.1) is 10.7 Å². The van der Waals surface area contributed by atoms with Crippen LogP contribution in [0.2, 0.25) is 0 Å². The van der Waals surface area contributed by atoms with Gasteiger partial charge in [-0.25, -0.2) is 9.37 Å². The molecule has 0 saturated carbocycles. The third-order valence-electron chi connectivity index (χ3n) is 5.83. The minimum Gasteiger partial charge on any atom is -0.322 e. The van der Waals surface area contributed by atoms with E-state index < -0.39 is 0 Å². The molecule has 170 valence electrons. The summed E-state index contributed by atoms with van der Waals surface area (Å²) in [6.45, 7) is 2.54. The molecule has 0 atom stereocenters. The molecule has 0 bridgehead atoms. The number of nitrogens with one attached hydrogen (secondary N) is 1. The highest BCUT2D eigenvalue weighted by Crippen LogP contribution is 2.30. The van der Waals surface area contributed by atoms with Crippen LogP contribution in [0, 0.1) is 12.7 Å². The minimum absolute atomic E-state index is 0.174. The summed E-state index contributed by atoms with van der Waals surface area (Å²) >= 11 is 1.59. The molecule has 1 aliphatic rings. The van der Waals surface area contributed by atoms with Crippen molar-refractivity contribution in [1.29, 1.82) is 0 Å². The molecule has 2 amide bonds. The highest BCUT2D eigenvalue weighted by atomic mass is 32.1. The summed E-state index contributed by atoms with van der Waals surface area (Å²) in [5.41, 5.74) is 5.23. The lowest BCUT2D eigenvalue weighted by Crippen LogP contribution is -2.35. The zero-order valence-electron chi connectivity index (χ0n) is 18.5. The van der Waals surface area contributed by atoms with Crippen LogP contribution in [-0.2, 0) is 6.42 Å². The van der Waals surface area contributed by atoms with Gasteiger partial charge in [-0.15, -0.1) is 11.3 Å². The lowest BCUT2D eigenvalue weighted by Gasteiger charge is -2.30. The number of fused-ring (bicyclic) bond motifs is 1. The summed E-state index contributed by atoms with van der Waals surface area (Å²) in [5.74, 6) is -0.762. The fourth-order valence-electron chi connectivity index (χ4n) is 4.15. The normalized spacial score (nSPS) is 12.8. The Labute approximate surface area is 200 Å². The summed E-state index contributed by atoms with van der Waals surface area (Å²) in [4.78, 5) is 32.2. The van der Waals surface area contributed by atoms with E-state index in [1.807, 2.05) is 48.7 Å². The lowest BCUT2D eigenvalue weighted by atomic mass is 9.98. The molecule has 1 N–H and O–H groups in total. The minimum atomic E-state index is -0.376. The van der Waals surface area contributed by atoms with Gasteiger partial charge < -0.3 is 10.2 Å². The van der Waals surface area contributed by atoms with E-state index in [-0.39, 0.29) is 17.6 Å². The van der Waals surface area contributed by atoms with Gasteiger partial charge in [0, 0.05) is 40.0 Å². The van der Waals surface area contributed by atoms with Gasteiger partial charge in [-0.3, -0.25) is 9.59 Å². The molecule has 1 aliphatic heterocycles. The summed E-state index contributed by atoms with van der Waals surface area (Å²) in [7, 11) is 0. The summed E-state index contributed by atoms with van der Waals surface area (Å²) in [6.07, 6.45) is 1.57. The monoisotopic (exact) mass is 471 g/mol. The van der Waals surface area contributed by atoms with E-state index in [1.54, 1.807) is 22.3 Å². The maximum Gasteiger partial charge on any atom is 0.258 e. The smallest absolute Gasteiger partial charge is 0.258 e. The van der Waals surface area contributed by atoms with Crippen LogP contribution in [0.3, 0.4) is 0 Å². The van der Waals surface area contributed by atoms with Gasteiger partial charge in [-0.2, -0.15) is 0 Å². The summed E-state index contributed by atoms with van der Waals surface area (Å²) in [5, 5.41) is 5.96. The maximum absolute atomic E-state index is 13.3. The number of halogens is 1. The molecule has 0 fully saturated rings. The fraction of sp³-hybridized carbons (Fsp3) is 0.148. The van der Waals surface area contributed by atoms with Crippen LogP contribution in [0.1, 0.15) is 37.7 Å². The first-order chi connectivity index (χ1) is 16.5. The first-order valence-corrected chi connectivity index (χ1v) is 11.9. The molecule has 7 heteroatoms. The molecule has 5 rings (SSSR count). The van der Waals surface area contributed by atoms with Crippen LogP contribution in [-0.4, -0.2) is 23.3 Å². The number of carbonyl (C=O) groups is 2. The van der Waals surface area contributed by atoms with Gasteiger partial charge in [0.1, 0.15) is 5.82 Å². The van der Waals surface area contributed by atoms with Gasteiger partial charge in [-0.1, -0.05) is 12.1 Å². The van der Waals surface area contributed by atoms with Gasteiger partial charge in [-0.05, 0) is 79.9 Å². The van der Waals surface area contributed by atoms with Gasteiger partial charge in [0.2, 0.25) is 0 Å². The zero-order valence-corrected chi connectivity index (χ0v) is 19.4. The van der Waals surface area contributed by atoms with E-state index in [4.69, 9.17) is 0 Å². The molecule has 0 unspecified atom stereocenters. The predicted octanol–water partition coefficient (Wildman–Crippen LogP) is 6.10. The van der Waals surface area contributed by atoms with Gasteiger partial charge >= 0.3 is 0 Å². The molecular weight excluding hydrogens is 449 g/mol. The van der Waals surface area contributed by atoms with Crippen LogP contribution >= 0.6 is 11.3 Å². The first-order valence-electron chi connectivity index (χ1n) is 11.0. The second-order valence-electron chi connectivity index (χ2n) is 8.20. The molecule has 0 saturated heterocycles. The second-order valence-corrected chi connectivity index (χ2v) is 9.26. The molecule has 2 heterocycles. The maximum atomic E-state index is 13.3. The standard InChI is InChI=1S/C27H22FN3O2S/c1-17-29-24(16-34-17)19-4-2-6-23(15-19)30-26(32)21-9-12-25-20(14-21)5-3-13-31(25)27(33)18-7-10-22(28)11-8-18/h2,4,6-12,14-16H,3,5,13H2,1H3,(H,30,32). The SMILES string of the molecule is Cc1nc(-c2cccc(NC(=O)c3ccc4c(c3)CCCN4C(=O)c3ccc(F)cc3)c2)cs1. The Bertz CT molecular complexity index is 1380. The Morgan fingerprint density at radius 2 is 1.82 bits per heavy atom. The number of amides is 2. The van der Waals surface area contributed by atoms with E-state index in [0.29, 0.717) is 23.4 Å². The molecule has 34 heavy (non-hydrogen) atoms. The molecule has 4 aromatic rings. The Hall–Kier alpha value is -3.84. The number of hydrogen-bond acceptors (Lipinski definition) is 4. The third-order valence-corrected chi connectivity index (χ3v) is 6.61. The predicted molar refractivity (Wildman–Crippen MR) is 133 cm³/mol. The molecule has 0 spiro atoms. The summed E-state index contributed by atoms with van der Waals surface area (Å²) < 4.78 is 13.3. The quantitative estimate of drug-likeness (QED) is 0.391. The molecule has 0 aliphatic carbocycles. The lowest BCUT2D eigenvalue weighted by molar-refractivity contribution is 0.0984. The number of aromatic nitrogens is 1. The Morgan fingerprint density at radius 3 is 2.59 bits per heavy atom. The number of hydrogen-bond donors (Lipinski definition) is 1. The van der Waals surface area contributed by atoms with E-state index >= 15 is 0 Å². The van der Waals surface area contributed by atoms with Crippen molar-refractivity contribution in [2.75, 3.05) is 16.8 Å². The van der Waals surface area contributed by atoms with E-state index in [0.717, 1.165) is 40.4 Å². The average Bonchev–Trinajstić information content (AvgIpc) is 3.30. The Balaban J connectivity index is 1.35. The number of aryl methyl sites for hydroxylation is 2. The van der Waals surface area contributed by atoms with Crippen molar-refractivity contribution in [3.63, 3.8) is 0 Å². The van der Waals surface area contributed by atoms with Crippen LogP contribution in [0.5, 0.6) is 0 Å². The Morgan fingerprint density at radius 1 is 1.03 bits per heavy atom. The molecule has 1 aromatic heterocycles. The van der Waals surface area contributed by atoms with Crippen LogP contribution in [0.4, 0.5) is 15.8 Å². The number of nitrogens with zero attached hydrogens (tertiary/aromatic N) is 2. The van der Waals surface area contributed by atoms with Crippen molar-refractivity contribution in [3.8, 4) is 11.3 Å². The van der Waals surface area contributed by atoms with Crippen LogP contribution < -0.4 is 10.2 Å². The fourth-order valence-corrected chi connectivity index (χ4v) is 4.78.